The maximum absolute atomic E-state index is 12.9. The third-order valence-corrected chi connectivity index (χ3v) is 6.01. The van der Waals surface area contributed by atoms with Crippen LogP contribution in [0.1, 0.15) is 20.8 Å². The summed E-state index contributed by atoms with van der Waals surface area (Å²) in [6.45, 7) is 1.28. The minimum Gasteiger partial charge on any atom is -0.459 e. The fourth-order valence-corrected chi connectivity index (χ4v) is 4.09. The average Bonchev–Trinajstić information content (AvgIpc) is 3.08. The van der Waals surface area contributed by atoms with Crippen molar-refractivity contribution in [2.75, 3.05) is 25.6 Å². The number of thiophene rings is 1. The zero-order chi connectivity index (χ0) is 24.3. The van der Waals surface area contributed by atoms with E-state index in [0.29, 0.717) is 11.6 Å². The fraction of sp³-hybridized carbons (Fsp3) is 0.300. The smallest absolute Gasteiger partial charge is 0.416 e. The molecule has 176 valence electrons. The summed E-state index contributed by atoms with van der Waals surface area (Å²) in [6.07, 6.45) is -3.50. The number of hydrogen-bond acceptors (Lipinski definition) is 7. The molecule has 0 aliphatic carbocycles. The van der Waals surface area contributed by atoms with Crippen molar-refractivity contribution >= 4 is 50.7 Å². The van der Waals surface area contributed by atoms with Gasteiger partial charge in [0, 0.05) is 7.11 Å². The van der Waals surface area contributed by atoms with Crippen LogP contribution in [0.2, 0.25) is 5.02 Å². The van der Waals surface area contributed by atoms with Crippen molar-refractivity contribution < 1.29 is 32.2 Å². The third-order valence-electron chi connectivity index (χ3n) is 4.51. The number of carbonyl (C=O) groups excluding carboxylic acids is 2. The van der Waals surface area contributed by atoms with Gasteiger partial charge in [0.2, 0.25) is 5.91 Å². The molecule has 1 aromatic carbocycles. The van der Waals surface area contributed by atoms with Crippen molar-refractivity contribution in [3.63, 3.8) is 0 Å². The van der Waals surface area contributed by atoms with E-state index in [1.54, 1.807) is 6.92 Å². The molecule has 1 amide bonds. The summed E-state index contributed by atoms with van der Waals surface area (Å²) in [5.74, 6) is -1.41. The highest BCUT2D eigenvalue weighted by Gasteiger charge is 2.31. The molecule has 0 bridgehead atoms. The van der Waals surface area contributed by atoms with Crippen LogP contribution in [0, 0.1) is 6.92 Å². The van der Waals surface area contributed by atoms with E-state index in [1.807, 2.05) is 0 Å². The number of hydrogen-bond donors (Lipinski definition) is 1. The van der Waals surface area contributed by atoms with E-state index in [0.717, 1.165) is 34.4 Å². The normalized spacial score (nSPS) is 11.6. The average molecular weight is 504 g/mol. The van der Waals surface area contributed by atoms with Crippen LogP contribution in [0.3, 0.4) is 0 Å². The van der Waals surface area contributed by atoms with Crippen LogP contribution in [0.25, 0.3) is 10.2 Å². The van der Waals surface area contributed by atoms with Crippen molar-refractivity contribution in [1.82, 2.24) is 9.55 Å². The predicted molar refractivity (Wildman–Crippen MR) is 116 cm³/mol. The van der Waals surface area contributed by atoms with Gasteiger partial charge in [-0.2, -0.15) is 13.2 Å². The lowest BCUT2D eigenvalue weighted by atomic mass is 10.2. The molecule has 0 aliphatic rings. The maximum atomic E-state index is 12.9. The Balaban J connectivity index is 1.83. The Bertz CT molecular complexity index is 1270. The SMILES string of the molecule is COCCOC(=O)c1sc2ncn(CC(=O)Nc3cc(C(F)(F)F)ccc3Cl)c(=O)c2c1C. The maximum Gasteiger partial charge on any atom is 0.416 e. The summed E-state index contributed by atoms with van der Waals surface area (Å²) < 4.78 is 49.6. The van der Waals surface area contributed by atoms with Crippen molar-refractivity contribution in [2.24, 2.45) is 0 Å². The van der Waals surface area contributed by atoms with E-state index in [1.165, 1.54) is 7.11 Å². The number of methoxy groups -OCH3 is 1. The molecule has 3 aromatic rings. The van der Waals surface area contributed by atoms with Crippen LogP contribution in [0.4, 0.5) is 18.9 Å². The summed E-state index contributed by atoms with van der Waals surface area (Å²) in [5.41, 5.74) is -1.46. The molecule has 0 saturated carbocycles. The minimum absolute atomic E-state index is 0.0406. The molecule has 0 aliphatic heterocycles. The molecular formula is C20H17ClF3N3O5S. The Morgan fingerprint density at radius 3 is 2.67 bits per heavy atom. The monoisotopic (exact) mass is 503 g/mol. The van der Waals surface area contributed by atoms with Gasteiger partial charge in [0.05, 0.1) is 34.6 Å². The number of aromatic nitrogens is 2. The standard InChI is InChI=1S/C20H17ClF3N3O5S/c1-10-15-17(33-16(10)19(30)32-6-5-31-2)25-9-27(18(15)29)8-14(28)26-13-7-11(20(22,23)24)3-4-12(13)21/h3-4,7,9H,5-6,8H2,1-2H3,(H,26,28). The van der Waals surface area contributed by atoms with Crippen molar-refractivity contribution in [1.29, 1.82) is 0 Å². The molecule has 0 unspecified atom stereocenters. The van der Waals surface area contributed by atoms with Crippen molar-refractivity contribution in [3.05, 3.63) is 55.9 Å². The molecule has 1 N–H and O–H groups in total. The number of carbonyl (C=O) groups is 2. The quantitative estimate of drug-likeness (QED) is 0.388. The lowest BCUT2D eigenvalue weighted by Crippen LogP contribution is -2.28. The number of nitrogens with zero attached hydrogens (tertiary/aromatic N) is 2. The van der Waals surface area contributed by atoms with Crippen LogP contribution in [-0.4, -0.2) is 41.8 Å². The van der Waals surface area contributed by atoms with Gasteiger partial charge in [0.1, 0.15) is 22.9 Å². The predicted octanol–water partition coefficient (Wildman–Crippen LogP) is 3.88. The second-order valence-corrected chi connectivity index (χ2v) is 8.19. The fourth-order valence-electron chi connectivity index (χ4n) is 2.89. The van der Waals surface area contributed by atoms with Gasteiger partial charge in [-0.25, -0.2) is 9.78 Å². The van der Waals surface area contributed by atoms with E-state index in [2.05, 4.69) is 10.3 Å². The first kappa shape index (κ1) is 24.7. The Labute approximate surface area is 193 Å². The molecule has 2 aromatic heterocycles. The van der Waals surface area contributed by atoms with Crippen LogP contribution in [-0.2, 0) is 27.0 Å². The number of esters is 1. The zero-order valence-electron chi connectivity index (χ0n) is 17.3. The number of nitrogens with one attached hydrogen (secondary N) is 1. The molecular weight excluding hydrogens is 487 g/mol. The van der Waals surface area contributed by atoms with Crippen LogP contribution >= 0.6 is 22.9 Å². The highest BCUT2D eigenvalue weighted by molar-refractivity contribution is 7.20. The number of benzene rings is 1. The first-order chi connectivity index (χ1) is 15.5. The molecule has 0 atom stereocenters. The van der Waals surface area contributed by atoms with Gasteiger partial charge in [-0.05, 0) is 30.7 Å². The Hall–Kier alpha value is -2.96. The number of amides is 1. The summed E-state index contributed by atoms with van der Waals surface area (Å²) >= 11 is 6.86. The van der Waals surface area contributed by atoms with Gasteiger partial charge in [-0.1, -0.05) is 11.6 Å². The van der Waals surface area contributed by atoms with Gasteiger partial charge in [0.15, 0.2) is 0 Å². The molecule has 2 heterocycles. The van der Waals surface area contributed by atoms with Gasteiger partial charge in [0.25, 0.3) is 5.56 Å². The van der Waals surface area contributed by atoms with Gasteiger partial charge >= 0.3 is 12.1 Å². The first-order valence-electron chi connectivity index (χ1n) is 9.34. The van der Waals surface area contributed by atoms with Crippen LogP contribution in [0.5, 0.6) is 0 Å². The van der Waals surface area contributed by atoms with Crippen LogP contribution in [0.15, 0.2) is 29.3 Å². The third kappa shape index (κ3) is 5.52. The molecule has 3 rings (SSSR count). The molecule has 8 nitrogen and oxygen atoms in total. The summed E-state index contributed by atoms with van der Waals surface area (Å²) in [4.78, 5) is 42.2. The lowest BCUT2D eigenvalue weighted by Gasteiger charge is -2.12. The largest absolute Gasteiger partial charge is 0.459 e. The van der Waals surface area contributed by atoms with Gasteiger partial charge in [-0.3, -0.25) is 14.2 Å². The number of halogens is 4. The summed E-state index contributed by atoms with van der Waals surface area (Å²) in [6, 6.07) is 2.51. The number of rotatable bonds is 7. The molecule has 0 saturated heterocycles. The number of anilines is 1. The number of aryl methyl sites for hydroxylation is 1. The number of fused-ring (bicyclic) bond motifs is 1. The van der Waals surface area contributed by atoms with Gasteiger partial charge < -0.3 is 14.8 Å². The lowest BCUT2D eigenvalue weighted by molar-refractivity contribution is -0.137. The Morgan fingerprint density at radius 2 is 2.00 bits per heavy atom. The zero-order valence-corrected chi connectivity index (χ0v) is 18.9. The Kier molecular flexibility index (Phi) is 7.40. The molecule has 33 heavy (non-hydrogen) atoms. The summed E-state index contributed by atoms with van der Waals surface area (Å²) in [5, 5.41) is 2.32. The molecule has 13 heteroatoms. The number of ether oxygens (including phenoxy) is 2. The van der Waals surface area contributed by atoms with E-state index >= 15 is 0 Å². The van der Waals surface area contributed by atoms with Crippen molar-refractivity contribution in [2.45, 2.75) is 19.6 Å². The van der Waals surface area contributed by atoms with Gasteiger partial charge in [-0.15, -0.1) is 11.3 Å². The molecule has 0 spiro atoms. The second-order valence-electron chi connectivity index (χ2n) is 6.78. The van der Waals surface area contributed by atoms with E-state index in [9.17, 15) is 27.6 Å². The molecule has 0 fully saturated rings. The van der Waals surface area contributed by atoms with E-state index in [-0.39, 0.29) is 39.0 Å². The van der Waals surface area contributed by atoms with Crippen molar-refractivity contribution in [3.8, 4) is 0 Å². The number of alkyl halides is 3. The topological polar surface area (TPSA) is 99.5 Å². The second kappa shape index (κ2) is 9.89. The van der Waals surface area contributed by atoms with E-state index in [4.69, 9.17) is 21.1 Å². The minimum atomic E-state index is -4.62. The highest BCUT2D eigenvalue weighted by atomic mass is 35.5. The molecule has 0 radical (unpaired) electrons. The Morgan fingerprint density at radius 1 is 1.27 bits per heavy atom. The first-order valence-corrected chi connectivity index (χ1v) is 10.5. The van der Waals surface area contributed by atoms with E-state index < -0.39 is 35.7 Å². The van der Waals surface area contributed by atoms with Crippen LogP contribution < -0.4 is 10.9 Å². The summed E-state index contributed by atoms with van der Waals surface area (Å²) in [7, 11) is 1.46. The highest BCUT2D eigenvalue weighted by Crippen LogP contribution is 2.34.